The van der Waals surface area contributed by atoms with Gasteiger partial charge < -0.3 is 4.57 Å². The quantitative estimate of drug-likeness (QED) is 0.179. The van der Waals surface area contributed by atoms with Gasteiger partial charge in [-0.05, 0) is 57.6 Å². The predicted molar refractivity (Wildman–Crippen MR) is 190 cm³/mol. The molecule has 0 atom stereocenters. The van der Waals surface area contributed by atoms with Crippen LogP contribution in [0.1, 0.15) is 0 Å². The average Bonchev–Trinajstić information content (AvgIpc) is 3.42. The van der Waals surface area contributed by atoms with Crippen molar-refractivity contribution < 1.29 is 0 Å². The summed E-state index contributed by atoms with van der Waals surface area (Å²) in [4.78, 5) is 0. The lowest BCUT2D eigenvalue weighted by molar-refractivity contribution is 1.18. The van der Waals surface area contributed by atoms with E-state index >= 15 is 0 Å². The fraction of sp³-hybridized carbons (Fsp3) is 0. The van der Waals surface area contributed by atoms with Gasteiger partial charge in [0.05, 0.1) is 16.7 Å². The van der Waals surface area contributed by atoms with Crippen molar-refractivity contribution in [2.75, 3.05) is 0 Å². The number of halogens is 1. The Labute approximate surface area is 265 Å². The lowest BCUT2D eigenvalue weighted by Gasteiger charge is -2.19. The maximum Gasteiger partial charge on any atom is 0.0618 e. The second kappa shape index (κ2) is 11.1. The van der Waals surface area contributed by atoms with Gasteiger partial charge in [-0.2, -0.15) is 0 Å². The molecule has 0 unspecified atom stereocenters. The van der Waals surface area contributed by atoms with E-state index < -0.39 is 0 Å². The van der Waals surface area contributed by atoms with Crippen LogP contribution >= 0.6 is 15.9 Å². The van der Waals surface area contributed by atoms with Crippen LogP contribution in [-0.4, -0.2) is 4.57 Å². The van der Waals surface area contributed by atoms with Crippen molar-refractivity contribution >= 4 is 37.7 Å². The summed E-state index contributed by atoms with van der Waals surface area (Å²) in [5, 5.41) is 2.50. The number of rotatable bonds is 5. The zero-order chi connectivity index (χ0) is 29.5. The number of para-hydroxylation sites is 2. The predicted octanol–water partition coefficient (Wildman–Crippen LogP) is 12.2. The van der Waals surface area contributed by atoms with Crippen LogP contribution in [0.15, 0.2) is 174 Å². The molecular formula is C42H28BrN. The van der Waals surface area contributed by atoms with Gasteiger partial charge in [-0.1, -0.05) is 162 Å². The highest BCUT2D eigenvalue weighted by Crippen LogP contribution is 2.42. The van der Waals surface area contributed by atoms with Crippen molar-refractivity contribution in [1.82, 2.24) is 4.57 Å². The van der Waals surface area contributed by atoms with Crippen LogP contribution in [-0.2, 0) is 0 Å². The highest BCUT2D eigenvalue weighted by molar-refractivity contribution is 9.10. The van der Waals surface area contributed by atoms with Gasteiger partial charge in [0.1, 0.15) is 0 Å². The van der Waals surface area contributed by atoms with Crippen LogP contribution in [0.2, 0.25) is 0 Å². The first-order valence-corrected chi connectivity index (χ1v) is 15.7. The van der Waals surface area contributed by atoms with E-state index in [-0.39, 0.29) is 0 Å². The Morgan fingerprint density at radius 1 is 0.341 bits per heavy atom. The third kappa shape index (κ3) is 4.65. The summed E-state index contributed by atoms with van der Waals surface area (Å²) in [7, 11) is 0. The van der Waals surface area contributed by atoms with E-state index in [1.54, 1.807) is 0 Å². The van der Waals surface area contributed by atoms with E-state index in [0.717, 1.165) is 4.47 Å². The largest absolute Gasteiger partial charge is 0.308 e. The van der Waals surface area contributed by atoms with Crippen molar-refractivity contribution in [1.29, 1.82) is 0 Å². The summed E-state index contributed by atoms with van der Waals surface area (Å²) in [6.45, 7) is 0. The number of hydrogen-bond donors (Lipinski definition) is 0. The topological polar surface area (TPSA) is 4.93 Å². The molecule has 0 aliphatic rings. The Hall–Kier alpha value is -5.18. The molecular weight excluding hydrogens is 598 g/mol. The molecule has 0 amide bonds. The van der Waals surface area contributed by atoms with Gasteiger partial charge in [0.25, 0.3) is 0 Å². The third-order valence-corrected chi connectivity index (χ3v) is 8.97. The molecule has 0 saturated carbocycles. The molecule has 8 aromatic rings. The van der Waals surface area contributed by atoms with Crippen molar-refractivity contribution in [2.45, 2.75) is 0 Å². The Bertz CT molecular complexity index is 2200. The first kappa shape index (κ1) is 26.4. The lowest BCUT2D eigenvalue weighted by Crippen LogP contribution is -2.00. The lowest BCUT2D eigenvalue weighted by atomic mass is 9.95. The molecule has 1 aromatic heterocycles. The maximum atomic E-state index is 3.61. The molecule has 0 radical (unpaired) electrons. The Balaban J connectivity index is 1.38. The highest BCUT2D eigenvalue weighted by Gasteiger charge is 2.20. The normalized spacial score (nSPS) is 11.3. The van der Waals surface area contributed by atoms with E-state index in [4.69, 9.17) is 0 Å². The van der Waals surface area contributed by atoms with Crippen molar-refractivity contribution in [2.24, 2.45) is 0 Å². The number of hydrogen-bond acceptors (Lipinski definition) is 0. The Kier molecular flexibility index (Phi) is 6.70. The first-order chi connectivity index (χ1) is 21.7. The standard InChI is InChI=1S/C42H28BrN/c43-35-16-9-15-33(27-35)29-21-23-30(24-22-29)34-25-26-39-38-17-7-8-20-40(38)44(41(39)28-34)42-36(31-11-3-1-4-12-31)18-10-19-37(42)32-13-5-2-6-14-32/h1-28H. The molecule has 0 aliphatic heterocycles. The Morgan fingerprint density at radius 3 is 1.48 bits per heavy atom. The molecule has 2 heteroatoms. The van der Waals surface area contributed by atoms with Crippen molar-refractivity contribution in [3.63, 3.8) is 0 Å². The number of nitrogens with zero attached hydrogens (tertiary/aromatic N) is 1. The van der Waals surface area contributed by atoms with Crippen LogP contribution in [0.4, 0.5) is 0 Å². The summed E-state index contributed by atoms with van der Waals surface area (Å²) in [6, 6.07) is 61.2. The molecule has 1 heterocycles. The smallest absolute Gasteiger partial charge is 0.0618 e. The summed E-state index contributed by atoms with van der Waals surface area (Å²) in [6.07, 6.45) is 0. The second-order valence-corrected chi connectivity index (χ2v) is 12.0. The maximum absolute atomic E-state index is 3.61. The van der Waals surface area contributed by atoms with E-state index in [0.29, 0.717) is 0 Å². The fourth-order valence-corrected chi connectivity index (χ4v) is 6.80. The van der Waals surface area contributed by atoms with E-state index in [1.165, 1.54) is 72.0 Å². The van der Waals surface area contributed by atoms with Gasteiger partial charge in [-0.3, -0.25) is 0 Å². The second-order valence-electron chi connectivity index (χ2n) is 11.1. The minimum absolute atomic E-state index is 1.09. The molecule has 0 spiro atoms. The molecule has 0 bridgehead atoms. The van der Waals surface area contributed by atoms with E-state index in [9.17, 15) is 0 Å². The summed E-state index contributed by atoms with van der Waals surface area (Å²) < 4.78 is 3.57. The fourth-order valence-electron chi connectivity index (χ4n) is 6.40. The number of benzene rings is 7. The summed E-state index contributed by atoms with van der Waals surface area (Å²) >= 11 is 3.61. The van der Waals surface area contributed by atoms with Gasteiger partial charge in [-0.25, -0.2) is 0 Å². The van der Waals surface area contributed by atoms with Crippen LogP contribution in [0.3, 0.4) is 0 Å². The van der Waals surface area contributed by atoms with Gasteiger partial charge in [-0.15, -0.1) is 0 Å². The van der Waals surface area contributed by atoms with Crippen molar-refractivity contribution in [3.8, 4) is 50.2 Å². The average molecular weight is 627 g/mol. The van der Waals surface area contributed by atoms with E-state index in [2.05, 4.69) is 190 Å². The zero-order valence-electron chi connectivity index (χ0n) is 24.0. The van der Waals surface area contributed by atoms with Crippen LogP contribution in [0.25, 0.3) is 72.0 Å². The van der Waals surface area contributed by atoms with Gasteiger partial charge in [0.15, 0.2) is 0 Å². The van der Waals surface area contributed by atoms with Crippen molar-refractivity contribution in [3.05, 3.63) is 174 Å². The zero-order valence-corrected chi connectivity index (χ0v) is 25.6. The summed E-state index contributed by atoms with van der Waals surface area (Å²) in [5.41, 5.74) is 13.2. The molecule has 0 aliphatic carbocycles. The van der Waals surface area contributed by atoms with Gasteiger partial charge in [0, 0.05) is 26.4 Å². The molecule has 44 heavy (non-hydrogen) atoms. The summed E-state index contributed by atoms with van der Waals surface area (Å²) in [5.74, 6) is 0. The van der Waals surface area contributed by atoms with Gasteiger partial charge >= 0.3 is 0 Å². The molecule has 0 fully saturated rings. The SMILES string of the molecule is Brc1cccc(-c2ccc(-c3ccc4c5ccccc5n(-c5c(-c6ccccc6)cccc5-c5ccccc5)c4c3)cc2)c1. The Morgan fingerprint density at radius 2 is 0.841 bits per heavy atom. The number of aromatic nitrogens is 1. The highest BCUT2D eigenvalue weighted by atomic mass is 79.9. The third-order valence-electron chi connectivity index (χ3n) is 8.48. The van der Waals surface area contributed by atoms with Crippen LogP contribution in [0, 0.1) is 0 Å². The monoisotopic (exact) mass is 625 g/mol. The molecule has 1 nitrogen and oxygen atoms in total. The number of fused-ring (bicyclic) bond motifs is 3. The minimum Gasteiger partial charge on any atom is -0.308 e. The van der Waals surface area contributed by atoms with Gasteiger partial charge in [0.2, 0.25) is 0 Å². The molecule has 0 N–H and O–H groups in total. The first-order valence-electron chi connectivity index (χ1n) is 14.9. The van der Waals surface area contributed by atoms with E-state index in [1.807, 2.05) is 0 Å². The minimum atomic E-state index is 1.09. The van der Waals surface area contributed by atoms with Crippen LogP contribution < -0.4 is 0 Å². The van der Waals surface area contributed by atoms with Crippen LogP contribution in [0.5, 0.6) is 0 Å². The molecule has 208 valence electrons. The molecule has 7 aromatic carbocycles. The molecule has 0 saturated heterocycles. The molecule has 8 rings (SSSR count).